The molecule has 0 amide bonds. The number of aromatic nitrogens is 3. The third-order valence-corrected chi connectivity index (χ3v) is 4.98. The Hall–Kier alpha value is -3.11. The van der Waals surface area contributed by atoms with Crippen LogP contribution in [-0.2, 0) is 4.79 Å². The second-order valence-electron chi connectivity index (χ2n) is 6.18. The van der Waals surface area contributed by atoms with Crippen molar-refractivity contribution in [3.8, 4) is 6.07 Å². The number of ketones is 1. The van der Waals surface area contributed by atoms with Crippen molar-refractivity contribution in [2.75, 3.05) is 4.90 Å². The number of nitrogens with one attached hydrogen (secondary N) is 1. The van der Waals surface area contributed by atoms with E-state index in [1.165, 1.54) is 6.33 Å². The quantitative estimate of drug-likeness (QED) is 0.845. The summed E-state index contributed by atoms with van der Waals surface area (Å²) in [4.78, 5) is 18.6. The van der Waals surface area contributed by atoms with Crippen LogP contribution in [0.5, 0.6) is 0 Å². The Morgan fingerprint density at radius 2 is 2.08 bits per heavy atom. The van der Waals surface area contributed by atoms with Gasteiger partial charge in [0, 0.05) is 22.7 Å². The zero-order valence-electron chi connectivity index (χ0n) is 13.7. The molecule has 1 aliphatic carbocycles. The van der Waals surface area contributed by atoms with Gasteiger partial charge >= 0.3 is 0 Å². The third-order valence-electron chi connectivity index (χ3n) is 4.73. The molecule has 26 heavy (non-hydrogen) atoms. The van der Waals surface area contributed by atoms with Crippen molar-refractivity contribution >= 4 is 23.3 Å². The second-order valence-corrected chi connectivity index (χ2v) is 6.61. The maximum Gasteiger partial charge on any atom is 0.231 e. The van der Waals surface area contributed by atoms with Gasteiger partial charge < -0.3 is 5.73 Å². The van der Waals surface area contributed by atoms with Gasteiger partial charge in [0.05, 0.1) is 17.6 Å². The Labute approximate surface area is 154 Å². The number of halogens is 1. The molecule has 1 aliphatic heterocycles. The topological polar surface area (TPSA) is 112 Å². The van der Waals surface area contributed by atoms with E-state index < -0.39 is 5.92 Å². The number of rotatable bonds is 2. The summed E-state index contributed by atoms with van der Waals surface area (Å²) in [5.74, 6) is 0.180. The lowest BCUT2D eigenvalue weighted by molar-refractivity contribution is -0.116. The van der Waals surface area contributed by atoms with Crippen LogP contribution in [-0.4, -0.2) is 21.0 Å². The normalized spacial score (nSPS) is 20.2. The molecule has 1 unspecified atom stereocenters. The lowest BCUT2D eigenvalue weighted by atomic mass is 9.76. The van der Waals surface area contributed by atoms with Gasteiger partial charge in [0.25, 0.3) is 0 Å². The minimum atomic E-state index is -0.501. The molecule has 0 spiro atoms. The average molecular weight is 367 g/mol. The molecule has 2 heterocycles. The Bertz CT molecular complexity index is 968. The molecule has 7 nitrogen and oxygen atoms in total. The molecule has 3 N–H and O–H groups in total. The van der Waals surface area contributed by atoms with Crippen molar-refractivity contribution < 1.29 is 4.79 Å². The molecule has 1 atom stereocenters. The predicted octanol–water partition coefficient (Wildman–Crippen LogP) is 2.76. The van der Waals surface area contributed by atoms with E-state index in [0.29, 0.717) is 35.0 Å². The fourth-order valence-electron chi connectivity index (χ4n) is 3.62. The third kappa shape index (κ3) is 2.47. The lowest BCUT2D eigenvalue weighted by Crippen LogP contribution is -2.39. The Kier molecular flexibility index (Phi) is 3.98. The molecule has 4 rings (SSSR count). The highest BCUT2D eigenvalue weighted by Gasteiger charge is 2.40. The van der Waals surface area contributed by atoms with Gasteiger partial charge in [0.15, 0.2) is 5.78 Å². The number of allylic oxidation sites excluding steroid dienone is 3. The zero-order chi connectivity index (χ0) is 18.3. The molecule has 0 bridgehead atoms. The Morgan fingerprint density at radius 3 is 2.73 bits per heavy atom. The summed E-state index contributed by atoms with van der Waals surface area (Å²) in [5, 5.41) is 17.0. The summed E-state index contributed by atoms with van der Waals surface area (Å²) < 4.78 is 0. The van der Waals surface area contributed by atoms with Gasteiger partial charge in [-0.05, 0) is 30.5 Å². The Morgan fingerprint density at radius 1 is 1.31 bits per heavy atom. The molecule has 1 aromatic heterocycles. The fourth-order valence-corrected chi connectivity index (χ4v) is 3.75. The molecule has 130 valence electrons. The lowest BCUT2D eigenvalue weighted by Gasteiger charge is -2.38. The number of nitriles is 1. The number of aromatic amines is 1. The van der Waals surface area contributed by atoms with Crippen molar-refractivity contribution in [1.82, 2.24) is 15.2 Å². The van der Waals surface area contributed by atoms with E-state index in [9.17, 15) is 10.1 Å². The highest BCUT2D eigenvalue weighted by molar-refractivity contribution is 6.30. The van der Waals surface area contributed by atoms with Crippen LogP contribution < -0.4 is 10.6 Å². The molecular weight excluding hydrogens is 352 g/mol. The molecule has 1 aromatic carbocycles. The summed E-state index contributed by atoms with van der Waals surface area (Å²) >= 11 is 6.00. The largest absolute Gasteiger partial charge is 0.384 e. The number of benzene rings is 1. The van der Waals surface area contributed by atoms with Crippen LogP contribution in [0.2, 0.25) is 5.02 Å². The van der Waals surface area contributed by atoms with Crippen molar-refractivity contribution in [2.24, 2.45) is 5.73 Å². The highest BCUT2D eigenvalue weighted by atomic mass is 35.5. The van der Waals surface area contributed by atoms with E-state index in [2.05, 4.69) is 21.3 Å². The summed E-state index contributed by atoms with van der Waals surface area (Å²) in [6.07, 6.45) is 3.21. The smallest absolute Gasteiger partial charge is 0.231 e. The van der Waals surface area contributed by atoms with Gasteiger partial charge in [-0.1, -0.05) is 23.7 Å². The summed E-state index contributed by atoms with van der Waals surface area (Å²) in [5.41, 5.74) is 8.86. The standard InChI is InChI=1S/C18H15ClN6O/c19-11-6-4-10(5-7-11)15-12(8-20)17(21)25(18-22-9-23-24-18)13-2-1-3-14(26)16(13)15/h4-7,9,15H,1-3,21H2,(H,22,23,24). The fraction of sp³-hybridized carbons (Fsp3) is 0.222. The number of hydrogen-bond acceptors (Lipinski definition) is 6. The molecule has 2 aliphatic rings. The van der Waals surface area contributed by atoms with Gasteiger partial charge in [0.1, 0.15) is 12.1 Å². The predicted molar refractivity (Wildman–Crippen MR) is 95.8 cm³/mol. The second kappa shape index (κ2) is 6.32. The van der Waals surface area contributed by atoms with E-state index in [-0.39, 0.29) is 11.6 Å². The van der Waals surface area contributed by atoms with Crippen LogP contribution in [0.15, 0.2) is 53.3 Å². The van der Waals surface area contributed by atoms with E-state index in [0.717, 1.165) is 17.7 Å². The minimum absolute atomic E-state index is 0.0240. The summed E-state index contributed by atoms with van der Waals surface area (Å²) in [6, 6.07) is 9.35. The summed E-state index contributed by atoms with van der Waals surface area (Å²) in [7, 11) is 0. The molecular formula is C18H15ClN6O. The number of carbonyl (C=O) groups is 1. The first kappa shape index (κ1) is 16.4. The van der Waals surface area contributed by atoms with E-state index in [1.807, 2.05) is 12.1 Å². The van der Waals surface area contributed by atoms with Crippen LogP contribution in [0.4, 0.5) is 5.95 Å². The first-order valence-electron chi connectivity index (χ1n) is 8.18. The molecule has 0 radical (unpaired) electrons. The number of nitrogens with two attached hydrogens (primary N) is 1. The summed E-state index contributed by atoms with van der Waals surface area (Å²) in [6.45, 7) is 0. The van der Waals surface area contributed by atoms with Gasteiger partial charge in [-0.2, -0.15) is 15.3 Å². The first-order chi connectivity index (χ1) is 12.6. The molecule has 0 saturated heterocycles. The van der Waals surface area contributed by atoms with Crippen LogP contribution in [0.1, 0.15) is 30.7 Å². The van der Waals surface area contributed by atoms with Gasteiger partial charge in [0.2, 0.25) is 5.95 Å². The zero-order valence-corrected chi connectivity index (χ0v) is 14.5. The first-order valence-corrected chi connectivity index (χ1v) is 8.56. The number of anilines is 1. The minimum Gasteiger partial charge on any atom is -0.384 e. The van der Waals surface area contributed by atoms with Gasteiger partial charge in [-0.15, -0.1) is 0 Å². The van der Waals surface area contributed by atoms with Crippen molar-refractivity contribution in [2.45, 2.75) is 25.2 Å². The number of nitrogens with zero attached hydrogens (tertiary/aromatic N) is 4. The number of carbonyl (C=O) groups excluding carboxylic acids is 1. The molecule has 0 saturated carbocycles. The number of hydrogen-bond donors (Lipinski definition) is 2. The number of H-pyrrole nitrogens is 1. The van der Waals surface area contributed by atoms with Crippen molar-refractivity contribution in [3.63, 3.8) is 0 Å². The maximum absolute atomic E-state index is 12.8. The monoisotopic (exact) mass is 366 g/mol. The Balaban J connectivity index is 1.96. The average Bonchev–Trinajstić information content (AvgIpc) is 3.16. The molecule has 8 heteroatoms. The van der Waals surface area contributed by atoms with E-state index in [1.54, 1.807) is 17.0 Å². The van der Waals surface area contributed by atoms with Crippen LogP contribution >= 0.6 is 11.6 Å². The van der Waals surface area contributed by atoms with Crippen LogP contribution in [0, 0.1) is 11.3 Å². The van der Waals surface area contributed by atoms with Crippen molar-refractivity contribution in [3.05, 3.63) is 63.8 Å². The number of Topliss-reactive ketones (excluding diaryl/α,β-unsaturated/α-hetero) is 1. The van der Waals surface area contributed by atoms with Crippen LogP contribution in [0.25, 0.3) is 0 Å². The van der Waals surface area contributed by atoms with Gasteiger partial charge in [-0.3, -0.25) is 9.69 Å². The van der Waals surface area contributed by atoms with Gasteiger partial charge in [-0.25, -0.2) is 5.10 Å². The maximum atomic E-state index is 12.8. The van der Waals surface area contributed by atoms with Crippen LogP contribution in [0.3, 0.4) is 0 Å². The SMILES string of the molecule is N#CC1=C(N)N(c2ncn[nH]2)C2=C(C(=O)CCC2)C1c1ccc(Cl)cc1. The van der Waals surface area contributed by atoms with E-state index >= 15 is 0 Å². The highest BCUT2D eigenvalue weighted by Crippen LogP contribution is 2.45. The van der Waals surface area contributed by atoms with E-state index in [4.69, 9.17) is 17.3 Å². The van der Waals surface area contributed by atoms with Crippen molar-refractivity contribution in [1.29, 1.82) is 5.26 Å². The molecule has 2 aromatic rings. The molecule has 0 fully saturated rings.